The minimum atomic E-state index is -0.884. The van der Waals surface area contributed by atoms with Crippen LogP contribution < -0.4 is 16.7 Å². The zero-order valence-corrected chi connectivity index (χ0v) is 7.88. The first-order valence-corrected chi connectivity index (χ1v) is 4.60. The molecule has 0 atom stereocenters. The number of nitrogens with one attached hydrogen (secondary N) is 2. The van der Waals surface area contributed by atoms with Crippen LogP contribution in [0.1, 0.15) is 32.1 Å². The van der Waals surface area contributed by atoms with E-state index in [1.807, 2.05) is 0 Å². The van der Waals surface area contributed by atoms with Crippen LogP contribution in [0.25, 0.3) is 0 Å². The van der Waals surface area contributed by atoms with E-state index in [9.17, 15) is 9.59 Å². The number of carbonyl (C=O) groups excluding carboxylic acids is 2. The number of nitrogens with zero attached hydrogens (tertiary/aromatic N) is 1. The second-order valence-corrected chi connectivity index (χ2v) is 3.15. The van der Waals surface area contributed by atoms with Gasteiger partial charge in [0.15, 0.2) is 0 Å². The summed E-state index contributed by atoms with van der Waals surface area (Å²) in [6.45, 7) is 0. The van der Waals surface area contributed by atoms with Gasteiger partial charge in [-0.2, -0.15) is 5.10 Å². The highest BCUT2D eigenvalue weighted by Gasteiger charge is 2.11. The molecule has 0 spiro atoms. The third-order valence-corrected chi connectivity index (χ3v) is 2.08. The van der Waals surface area contributed by atoms with E-state index in [0.717, 1.165) is 31.4 Å². The van der Waals surface area contributed by atoms with Crippen LogP contribution >= 0.6 is 0 Å². The number of rotatable bonds is 1. The van der Waals surface area contributed by atoms with Crippen molar-refractivity contribution >= 4 is 17.5 Å². The smallest absolute Gasteiger partial charge is 0.286 e. The lowest BCUT2D eigenvalue weighted by atomic mass is 9.99. The number of hydrazine groups is 1. The van der Waals surface area contributed by atoms with Crippen molar-refractivity contribution < 1.29 is 9.59 Å². The highest BCUT2D eigenvalue weighted by molar-refractivity contribution is 6.34. The summed E-state index contributed by atoms with van der Waals surface area (Å²) in [6, 6.07) is 0. The molecule has 0 aromatic rings. The molecule has 0 heterocycles. The van der Waals surface area contributed by atoms with Gasteiger partial charge in [0.2, 0.25) is 0 Å². The molecule has 0 aromatic heterocycles. The molecule has 1 aliphatic rings. The van der Waals surface area contributed by atoms with E-state index in [2.05, 4.69) is 10.5 Å². The Morgan fingerprint density at radius 1 is 1.14 bits per heavy atom. The standard InChI is InChI=1S/C8H14N4O2/c9-10-7(13)8(14)12-11-6-4-2-1-3-5-6/h1-5,9H2,(H,10,13)(H,12,14). The van der Waals surface area contributed by atoms with Crippen LogP contribution in [-0.4, -0.2) is 17.5 Å². The van der Waals surface area contributed by atoms with Crippen molar-refractivity contribution in [1.29, 1.82) is 0 Å². The van der Waals surface area contributed by atoms with Crippen LogP contribution in [0, 0.1) is 0 Å². The molecule has 0 aliphatic heterocycles. The lowest BCUT2D eigenvalue weighted by molar-refractivity contribution is -0.139. The summed E-state index contributed by atoms with van der Waals surface area (Å²) in [7, 11) is 0. The molecule has 0 unspecified atom stereocenters. The summed E-state index contributed by atoms with van der Waals surface area (Å²) >= 11 is 0. The number of hydrogen-bond acceptors (Lipinski definition) is 4. The maximum absolute atomic E-state index is 10.9. The van der Waals surface area contributed by atoms with Crippen LogP contribution in [-0.2, 0) is 9.59 Å². The van der Waals surface area contributed by atoms with Gasteiger partial charge in [0.25, 0.3) is 0 Å². The van der Waals surface area contributed by atoms with E-state index in [4.69, 9.17) is 5.84 Å². The van der Waals surface area contributed by atoms with Gasteiger partial charge < -0.3 is 0 Å². The first kappa shape index (κ1) is 10.6. The van der Waals surface area contributed by atoms with Gasteiger partial charge in [0.05, 0.1) is 0 Å². The Morgan fingerprint density at radius 2 is 1.79 bits per heavy atom. The zero-order chi connectivity index (χ0) is 10.4. The Morgan fingerprint density at radius 3 is 2.36 bits per heavy atom. The second kappa shape index (κ2) is 5.33. The third-order valence-electron chi connectivity index (χ3n) is 2.08. The van der Waals surface area contributed by atoms with Crippen molar-refractivity contribution in [3.8, 4) is 0 Å². The highest BCUT2D eigenvalue weighted by atomic mass is 16.2. The van der Waals surface area contributed by atoms with Crippen molar-refractivity contribution in [2.45, 2.75) is 32.1 Å². The van der Waals surface area contributed by atoms with Gasteiger partial charge in [-0.25, -0.2) is 11.3 Å². The monoisotopic (exact) mass is 198 g/mol. The van der Waals surface area contributed by atoms with Crippen LogP contribution in [0.4, 0.5) is 0 Å². The predicted molar refractivity (Wildman–Crippen MR) is 51.0 cm³/mol. The largest absolute Gasteiger partial charge is 0.330 e. The Balaban J connectivity index is 2.37. The molecule has 1 aliphatic carbocycles. The molecule has 14 heavy (non-hydrogen) atoms. The maximum Gasteiger partial charge on any atom is 0.330 e. The molecular weight excluding hydrogens is 184 g/mol. The SMILES string of the molecule is NNC(=O)C(=O)NN=C1CCCCC1. The average molecular weight is 198 g/mol. The lowest BCUT2D eigenvalue weighted by Crippen LogP contribution is -2.41. The summed E-state index contributed by atoms with van der Waals surface area (Å²) < 4.78 is 0. The number of nitrogens with two attached hydrogens (primary N) is 1. The molecule has 0 aromatic carbocycles. The first-order valence-electron chi connectivity index (χ1n) is 4.60. The molecule has 0 radical (unpaired) electrons. The average Bonchev–Trinajstić information content (AvgIpc) is 2.26. The summed E-state index contributed by atoms with van der Waals surface area (Å²) in [5.41, 5.74) is 4.83. The van der Waals surface area contributed by atoms with Gasteiger partial charge >= 0.3 is 11.8 Å². The van der Waals surface area contributed by atoms with Gasteiger partial charge in [-0.3, -0.25) is 15.0 Å². The van der Waals surface area contributed by atoms with Crippen molar-refractivity contribution in [2.75, 3.05) is 0 Å². The molecular formula is C8H14N4O2. The fourth-order valence-corrected chi connectivity index (χ4v) is 1.32. The quantitative estimate of drug-likeness (QED) is 0.227. The van der Waals surface area contributed by atoms with E-state index in [1.165, 1.54) is 6.42 Å². The van der Waals surface area contributed by atoms with Crippen LogP contribution in [0.5, 0.6) is 0 Å². The Kier molecular flexibility index (Phi) is 4.06. The van der Waals surface area contributed by atoms with Crippen molar-refractivity contribution in [2.24, 2.45) is 10.9 Å². The minimum Gasteiger partial charge on any atom is -0.286 e. The molecule has 6 nitrogen and oxygen atoms in total. The molecule has 2 amide bonds. The number of hydrazone groups is 1. The number of hydrogen-bond donors (Lipinski definition) is 3. The number of amides is 2. The van der Waals surface area contributed by atoms with Crippen molar-refractivity contribution in [1.82, 2.24) is 10.9 Å². The topological polar surface area (TPSA) is 96.6 Å². The molecule has 78 valence electrons. The van der Waals surface area contributed by atoms with Gasteiger partial charge in [-0.1, -0.05) is 6.42 Å². The maximum atomic E-state index is 10.9. The van der Waals surface area contributed by atoms with Gasteiger partial charge in [-0.15, -0.1) is 0 Å². The predicted octanol–water partition coefficient (Wildman–Crippen LogP) is -0.587. The Labute approximate surface area is 81.9 Å². The zero-order valence-electron chi connectivity index (χ0n) is 7.88. The molecule has 0 bridgehead atoms. The minimum absolute atomic E-state index is 0.828. The summed E-state index contributed by atoms with van der Waals surface area (Å²) in [6.07, 6.45) is 5.18. The molecule has 6 heteroatoms. The first-order chi connectivity index (χ1) is 6.74. The van der Waals surface area contributed by atoms with E-state index in [-0.39, 0.29) is 0 Å². The Bertz CT molecular complexity index is 254. The van der Waals surface area contributed by atoms with Crippen molar-refractivity contribution in [3.05, 3.63) is 0 Å². The highest BCUT2D eigenvalue weighted by Crippen LogP contribution is 2.13. The van der Waals surface area contributed by atoms with Gasteiger partial charge in [0, 0.05) is 5.71 Å². The summed E-state index contributed by atoms with van der Waals surface area (Å²) in [5.74, 6) is 3.06. The number of carbonyl (C=O) groups is 2. The van der Waals surface area contributed by atoms with E-state index < -0.39 is 11.8 Å². The Hall–Kier alpha value is -1.43. The van der Waals surface area contributed by atoms with E-state index >= 15 is 0 Å². The van der Waals surface area contributed by atoms with Crippen LogP contribution in [0.15, 0.2) is 5.10 Å². The third kappa shape index (κ3) is 3.14. The van der Waals surface area contributed by atoms with Crippen LogP contribution in [0.2, 0.25) is 0 Å². The van der Waals surface area contributed by atoms with Gasteiger partial charge in [0.1, 0.15) is 0 Å². The molecule has 0 saturated heterocycles. The summed E-state index contributed by atoms with van der Waals surface area (Å²) in [5, 5.41) is 3.85. The lowest BCUT2D eigenvalue weighted by Gasteiger charge is -2.11. The van der Waals surface area contributed by atoms with E-state index in [0.29, 0.717) is 0 Å². The fourth-order valence-electron chi connectivity index (χ4n) is 1.32. The van der Waals surface area contributed by atoms with E-state index in [1.54, 1.807) is 5.43 Å². The van der Waals surface area contributed by atoms with Gasteiger partial charge in [-0.05, 0) is 25.7 Å². The normalized spacial score (nSPS) is 15.9. The van der Waals surface area contributed by atoms with Crippen molar-refractivity contribution in [3.63, 3.8) is 0 Å². The molecule has 4 N–H and O–H groups in total. The molecule has 1 saturated carbocycles. The fraction of sp³-hybridized carbons (Fsp3) is 0.625. The summed E-state index contributed by atoms with van der Waals surface area (Å²) in [4.78, 5) is 21.6. The molecule has 1 fully saturated rings. The van der Waals surface area contributed by atoms with Crippen LogP contribution in [0.3, 0.4) is 0 Å². The molecule has 1 rings (SSSR count). The second-order valence-electron chi connectivity index (χ2n) is 3.15.